The quantitative estimate of drug-likeness (QED) is 0.703. The molecule has 0 radical (unpaired) electrons. The van der Waals surface area contributed by atoms with Crippen LogP contribution in [0.1, 0.15) is 54.8 Å². The zero-order chi connectivity index (χ0) is 20.1. The van der Waals surface area contributed by atoms with Crippen LogP contribution in [-0.2, 0) is 11.3 Å². The predicted molar refractivity (Wildman–Crippen MR) is 106 cm³/mol. The number of amides is 2. The Hall–Kier alpha value is -2.83. The molecule has 1 aromatic carbocycles. The fraction of sp³-hybridized carbons (Fsp3) is 0.500. The number of aromatic nitrogens is 1. The van der Waals surface area contributed by atoms with Gasteiger partial charge in [0.25, 0.3) is 11.8 Å². The number of hydrogen-bond donors (Lipinski definition) is 1. The van der Waals surface area contributed by atoms with E-state index in [1.807, 2.05) is 35.2 Å². The van der Waals surface area contributed by atoms with E-state index in [9.17, 15) is 9.59 Å². The Morgan fingerprint density at radius 1 is 1.14 bits per heavy atom. The summed E-state index contributed by atoms with van der Waals surface area (Å²) in [5.74, 6) is 1.48. The average Bonchev–Trinajstić information content (AvgIpc) is 3.20. The first-order valence-corrected chi connectivity index (χ1v) is 10.4. The number of carbonyl (C=O) groups is 2. The van der Waals surface area contributed by atoms with Crippen LogP contribution in [0.5, 0.6) is 5.75 Å². The third kappa shape index (κ3) is 5.37. The van der Waals surface area contributed by atoms with Gasteiger partial charge in [-0.2, -0.15) is 0 Å². The van der Waals surface area contributed by atoms with Gasteiger partial charge in [0.05, 0.1) is 6.54 Å². The molecule has 0 aliphatic heterocycles. The van der Waals surface area contributed by atoms with Gasteiger partial charge in [0.1, 0.15) is 5.75 Å². The molecule has 2 aliphatic rings. The van der Waals surface area contributed by atoms with Crippen molar-refractivity contribution in [2.75, 3.05) is 13.2 Å². The van der Waals surface area contributed by atoms with Crippen molar-refractivity contribution in [2.24, 2.45) is 5.92 Å². The maximum absolute atomic E-state index is 12.9. The van der Waals surface area contributed by atoms with E-state index in [1.165, 1.54) is 12.8 Å². The molecule has 2 aromatic rings. The zero-order valence-corrected chi connectivity index (χ0v) is 16.5. The van der Waals surface area contributed by atoms with Gasteiger partial charge in [0, 0.05) is 18.7 Å². The second kappa shape index (κ2) is 9.11. The maximum Gasteiger partial charge on any atom is 0.273 e. The normalized spacial score (nSPS) is 16.6. The van der Waals surface area contributed by atoms with Gasteiger partial charge in [-0.1, -0.05) is 36.2 Å². The zero-order valence-electron chi connectivity index (χ0n) is 16.5. The lowest BCUT2D eigenvalue weighted by atomic mass is 10.2. The van der Waals surface area contributed by atoms with Crippen LogP contribution < -0.4 is 10.1 Å². The topological polar surface area (TPSA) is 84.7 Å². The molecular weight excluding hydrogens is 370 g/mol. The van der Waals surface area contributed by atoms with Crippen LogP contribution in [0.2, 0.25) is 0 Å². The first-order valence-electron chi connectivity index (χ1n) is 10.4. The molecule has 2 aliphatic carbocycles. The highest BCUT2D eigenvalue weighted by Gasteiger charge is 2.29. The molecule has 2 amide bonds. The van der Waals surface area contributed by atoms with E-state index >= 15 is 0 Å². The van der Waals surface area contributed by atoms with Crippen LogP contribution in [0.4, 0.5) is 0 Å². The molecule has 2 fully saturated rings. The molecule has 1 heterocycles. The summed E-state index contributed by atoms with van der Waals surface area (Å²) in [6.07, 6.45) is 6.51. The van der Waals surface area contributed by atoms with Crippen LogP contribution in [0, 0.1) is 5.92 Å². The summed E-state index contributed by atoms with van der Waals surface area (Å²) in [6, 6.07) is 11.1. The number of rotatable bonds is 9. The first-order chi connectivity index (χ1) is 14.2. The summed E-state index contributed by atoms with van der Waals surface area (Å²) in [4.78, 5) is 26.9. The Kier molecular flexibility index (Phi) is 6.12. The van der Waals surface area contributed by atoms with Crippen LogP contribution in [-0.4, -0.2) is 41.1 Å². The van der Waals surface area contributed by atoms with Crippen molar-refractivity contribution in [3.63, 3.8) is 0 Å². The lowest BCUT2D eigenvalue weighted by Gasteiger charge is -2.28. The van der Waals surface area contributed by atoms with Gasteiger partial charge >= 0.3 is 0 Å². The number of nitrogens with one attached hydrogen (secondary N) is 1. The number of para-hydroxylation sites is 1. The molecule has 0 saturated heterocycles. The Morgan fingerprint density at radius 2 is 1.90 bits per heavy atom. The minimum atomic E-state index is -0.224. The highest BCUT2D eigenvalue weighted by atomic mass is 16.5. The number of carbonyl (C=O) groups excluding carboxylic acids is 2. The van der Waals surface area contributed by atoms with Crippen LogP contribution >= 0.6 is 0 Å². The number of benzene rings is 1. The Morgan fingerprint density at radius 3 is 2.62 bits per heavy atom. The standard InChI is InChI=1S/C22H27N3O4/c26-21(15-28-18-8-2-1-3-9-18)25(17-6-4-5-7-17)14-19-12-20(24-29-19)22(27)23-13-16-10-11-16/h1-3,8-9,12,16-17H,4-7,10-11,13-15H2,(H,23,27). The lowest BCUT2D eigenvalue weighted by molar-refractivity contribution is -0.136. The molecule has 0 unspecified atom stereocenters. The molecule has 1 aromatic heterocycles. The molecule has 0 spiro atoms. The van der Waals surface area contributed by atoms with Crippen molar-refractivity contribution in [3.05, 3.63) is 47.9 Å². The van der Waals surface area contributed by atoms with E-state index in [1.54, 1.807) is 6.07 Å². The molecule has 4 rings (SSSR count). The van der Waals surface area contributed by atoms with E-state index < -0.39 is 0 Å². The maximum atomic E-state index is 12.9. The van der Waals surface area contributed by atoms with Crippen molar-refractivity contribution in [1.82, 2.24) is 15.4 Å². The Bertz CT molecular complexity index is 826. The average molecular weight is 397 g/mol. The molecule has 2 saturated carbocycles. The van der Waals surface area contributed by atoms with Gasteiger partial charge in [-0.3, -0.25) is 9.59 Å². The second-order valence-electron chi connectivity index (χ2n) is 7.89. The monoisotopic (exact) mass is 397 g/mol. The Balaban J connectivity index is 1.37. The molecule has 1 N–H and O–H groups in total. The summed E-state index contributed by atoms with van der Waals surface area (Å²) in [5, 5.41) is 6.77. The van der Waals surface area contributed by atoms with Crippen molar-refractivity contribution in [2.45, 2.75) is 51.1 Å². The molecular formula is C22H27N3O4. The fourth-order valence-corrected chi connectivity index (χ4v) is 3.69. The first kappa shape index (κ1) is 19.5. The van der Waals surface area contributed by atoms with E-state index in [-0.39, 0.29) is 30.2 Å². The molecule has 0 bridgehead atoms. The fourth-order valence-electron chi connectivity index (χ4n) is 3.69. The van der Waals surface area contributed by atoms with Crippen molar-refractivity contribution < 1.29 is 18.8 Å². The number of ether oxygens (including phenoxy) is 1. The molecule has 7 heteroatoms. The van der Waals surface area contributed by atoms with Gasteiger partial charge < -0.3 is 19.5 Å². The third-order valence-corrected chi connectivity index (χ3v) is 5.56. The smallest absolute Gasteiger partial charge is 0.273 e. The Labute approximate surface area is 170 Å². The van der Waals surface area contributed by atoms with Gasteiger partial charge in [0.15, 0.2) is 18.1 Å². The third-order valence-electron chi connectivity index (χ3n) is 5.56. The van der Waals surface area contributed by atoms with Crippen LogP contribution in [0.15, 0.2) is 40.9 Å². The van der Waals surface area contributed by atoms with Gasteiger partial charge in [-0.05, 0) is 43.7 Å². The van der Waals surface area contributed by atoms with E-state index in [0.29, 0.717) is 30.5 Å². The summed E-state index contributed by atoms with van der Waals surface area (Å²) < 4.78 is 11.0. The van der Waals surface area contributed by atoms with E-state index in [0.717, 1.165) is 25.7 Å². The van der Waals surface area contributed by atoms with Crippen molar-refractivity contribution in [1.29, 1.82) is 0 Å². The van der Waals surface area contributed by atoms with E-state index in [2.05, 4.69) is 10.5 Å². The van der Waals surface area contributed by atoms with E-state index in [4.69, 9.17) is 9.26 Å². The summed E-state index contributed by atoms with van der Waals surface area (Å²) in [5.41, 5.74) is 0.264. The number of nitrogens with zero attached hydrogens (tertiary/aromatic N) is 2. The molecule has 29 heavy (non-hydrogen) atoms. The lowest BCUT2D eigenvalue weighted by Crippen LogP contribution is -2.41. The second-order valence-corrected chi connectivity index (χ2v) is 7.89. The highest BCUT2D eigenvalue weighted by molar-refractivity contribution is 5.92. The number of hydrogen-bond acceptors (Lipinski definition) is 5. The summed E-state index contributed by atoms with van der Waals surface area (Å²) in [7, 11) is 0. The van der Waals surface area contributed by atoms with Gasteiger partial charge in [-0.25, -0.2) is 0 Å². The SMILES string of the molecule is O=C(NCC1CC1)c1cc(CN(C(=O)COc2ccccc2)C2CCCC2)on1. The largest absolute Gasteiger partial charge is 0.484 e. The van der Waals surface area contributed by atoms with Crippen molar-refractivity contribution >= 4 is 11.8 Å². The van der Waals surface area contributed by atoms with Gasteiger partial charge in [0.2, 0.25) is 0 Å². The van der Waals surface area contributed by atoms with Crippen molar-refractivity contribution in [3.8, 4) is 5.75 Å². The minimum absolute atomic E-state index is 0.0244. The molecule has 0 atom stereocenters. The predicted octanol–water partition coefficient (Wildman–Crippen LogP) is 3.16. The highest BCUT2D eigenvalue weighted by Crippen LogP contribution is 2.28. The molecule has 154 valence electrons. The minimum Gasteiger partial charge on any atom is -0.484 e. The van der Waals surface area contributed by atoms with Crippen LogP contribution in [0.3, 0.4) is 0 Å². The summed E-state index contributed by atoms with van der Waals surface area (Å²) in [6.45, 7) is 0.957. The summed E-state index contributed by atoms with van der Waals surface area (Å²) >= 11 is 0. The van der Waals surface area contributed by atoms with Crippen LogP contribution in [0.25, 0.3) is 0 Å². The van der Waals surface area contributed by atoms with Gasteiger partial charge in [-0.15, -0.1) is 0 Å². The molecule has 7 nitrogen and oxygen atoms in total.